The predicted molar refractivity (Wildman–Crippen MR) is 121 cm³/mol. The van der Waals surface area contributed by atoms with Crippen molar-refractivity contribution in [3.05, 3.63) is 101 Å². The molecule has 0 aliphatic carbocycles. The van der Waals surface area contributed by atoms with Gasteiger partial charge in [0.25, 0.3) is 11.8 Å². The van der Waals surface area contributed by atoms with E-state index in [-0.39, 0.29) is 18.4 Å². The van der Waals surface area contributed by atoms with E-state index < -0.39 is 0 Å². The zero-order valence-electron chi connectivity index (χ0n) is 17.8. The molecule has 3 aromatic carbocycles. The van der Waals surface area contributed by atoms with E-state index in [1.54, 1.807) is 7.11 Å². The predicted octanol–water partition coefficient (Wildman–Crippen LogP) is 4.70. The third kappa shape index (κ3) is 4.21. The van der Waals surface area contributed by atoms with Gasteiger partial charge >= 0.3 is 0 Å². The first-order valence-corrected chi connectivity index (χ1v) is 10.1. The maximum absolute atomic E-state index is 13.4. The van der Waals surface area contributed by atoms with Gasteiger partial charge in [0.2, 0.25) is 0 Å². The summed E-state index contributed by atoms with van der Waals surface area (Å²) in [6.07, 6.45) is 0. The van der Waals surface area contributed by atoms with E-state index in [1.807, 2.05) is 86.6 Å². The fraction of sp³-hybridized carbons (Fsp3) is 0.154. The summed E-state index contributed by atoms with van der Waals surface area (Å²) in [5, 5.41) is 3.21. The normalized spacial score (nSPS) is 13.7. The molecule has 5 heteroatoms. The highest BCUT2D eigenvalue weighted by atomic mass is 16.5. The number of carbonyl (C=O) groups excluding carboxylic acids is 2. The summed E-state index contributed by atoms with van der Waals surface area (Å²) >= 11 is 0. The van der Waals surface area contributed by atoms with Crippen LogP contribution in [-0.2, 0) is 16.1 Å². The van der Waals surface area contributed by atoms with Crippen LogP contribution in [0.1, 0.15) is 22.3 Å². The second-order valence-electron chi connectivity index (χ2n) is 7.66. The molecule has 2 amide bonds. The zero-order chi connectivity index (χ0) is 22.0. The standard InChI is InChI=1S/C26H24N2O3/c1-17-7-11-20(12-8-17)23-24(27-21-6-4-5-18(2)15-21)26(30)28(25(23)29)16-19-9-13-22(31-3)14-10-19/h4-15,27H,16H2,1-3H3. The summed E-state index contributed by atoms with van der Waals surface area (Å²) in [5.74, 6) is 0.0841. The molecule has 0 bridgehead atoms. The van der Waals surface area contributed by atoms with Crippen molar-refractivity contribution in [3.8, 4) is 5.75 Å². The number of amides is 2. The first kappa shape index (κ1) is 20.4. The largest absolute Gasteiger partial charge is 0.497 e. The Labute approximate surface area is 182 Å². The molecular weight excluding hydrogens is 388 g/mol. The quantitative estimate of drug-likeness (QED) is 0.596. The van der Waals surface area contributed by atoms with E-state index in [4.69, 9.17) is 4.74 Å². The van der Waals surface area contributed by atoms with Crippen LogP contribution in [0.3, 0.4) is 0 Å². The van der Waals surface area contributed by atoms with Gasteiger partial charge in [0.15, 0.2) is 0 Å². The number of hydrogen-bond acceptors (Lipinski definition) is 4. The molecule has 0 radical (unpaired) electrons. The minimum absolute atomic E-state index is 0.190. The number of nitrogens with zero attached hydrogens (tertiary/aromatic N) is 1. The van der Waals surface area contributed by atoms with Crippen LogP contribution < -0.4 is 10.1 Å². The third-order valence-corrected chi connectivity index (χ3v) is 5.30. The lowest BCUT2D eigenvalue weighted by atomic mass is 10.0. The highest BCUT2D eigenvalue weighted by Crippen LogP contribution is 2.32. The second kappa shape index (κ2) is 8.48. The van der Waals surface area contributed by atoms with Crippen LogP contribution in [0.4, 0.5) is 5.69 Å². The number of ether oxygens (including phenoxy) is 1. The summed E-state index contributed by atoms with van der Waals surface area (Å²) in [7, 11) is 1.60. The number of imide groups is 1. The molecule has 0 atom stereocenters. The maximum atomic E-state index is 13.4. The second-order valence-corrected chi connectivity index (χ2v) is 7.66. The Morgan fingerprint density at radius 1 is 0.839 bits per heavy atom. The lowest BCUT2D eigenvalue weighted by Gasteiger charge is -2.16. The van der Waals surface area contributed by atoms with Crippen LogP contribution in [-0.4, -0.2) is 23.8 Å². The van der Waals surface area contributed by atoms with Crippen molar-refractivity contribution in [2.45, 2.75) is 20.4 Å². The Hall–Kier alpha value is -3.86. The van der Waals surface area contributed by atoms with Crippen LogP contribution in [0.2, 0.25) is 0 Å². The van der Waals surface area contributed by atoms with E-state index >= 15 is 0 Å². The Morgan fingerprint density at radius 2 is 1.55 bits per heavy atom. The molecule has 31 heavy (non-hydrogen) atoms. The van der Waals surface area contributed by atoms with Crippen molar-refractivity contribution >= 4 is 23.1 Å². The number of aryl methyl sites for hydroxylation is 2. The fourth-order valence-corrected chi connectivity index (χ4v) is 3.60. The summed E-state index contributed by atoms with van der Waals surface area (Å²) < 4.78 is 5.19. The maximum Gasteiger partial charge on any atom is 0.278 e. The van der Waals surface area contributed by atoms with Gasteiger partial charge in [0, 0.05) is 5.69 Å². The summed E-state index contributed by atoms with van der Waals surface area (Å²) in [5.41, 5.74) is 5.18. The number of nitrogens with one attached hydrogen (secondary N) is 1. The van der Waals surface area contributed by atoms with Crippen molar-refractivity contribution in [2.75, 3.05) is 12.4 Å². The van der Waals surface area contributed by atoms with E-state index in [9.17, 15) is 9.59 Å². The molecule has 0 aromatic heterocycles. The Bertz CT molecular complexity index is 1160. The number of hydrogen-bond donors (Lipinski definition) is 1. The number of methoxy groups -OCH3 is 1. The average Bonchev–Trinajstić information content (AvgIpc) is 2.99. The first-order valence-electron chi connectivity index (χ1n) is 10.1. The van der Waals surface area contributed by atoms with Gasteiger partial charge in [-0.15, -0.1) is 0 Å². The van der Waals surface area contributed by atoms with Crippen LogP contribution >= 0.6 is 0 Å². The molecule has 0 saturated heterocycles. The SMILES string of the molecule is COc1ccc(CN2C(=O)C(Nc3cccc(C)c3)=C(c3ccc(C)cc3)C2=O)cc1. The molecule has 0 saturated carbocycles. The van der Waals surface area contributed by atoms with Crippen molar-refractivity contribution in [1.82, 2.24) is 4.90 Å². The molecule has 0 spiro atoms. The number of rotatable bonds is 6. The van der Waals surface area contributed by atoms with Gasteiger partial charge in [-0.3, -0.25) is 14.5 Å². The molecule has 1 aliphatic rings. The molecule has 1 N–H and O–H groups in total. The highest BCUT2D eigenvalue weighted by molar-refractivity contribution is 6.36. The zero-order valence-corrected chi connectivity index (χ0v) is 17.8. The third-order valence-electron chi connectivity index (χ3n) is 5.30. The van der Waals surface area contributed by atoms with Gasteiger partial charge in [-0.25, -0.2) is 0 Å². The highest BCUT2D eigenvalue weighted by Gasteiger charge is 2.39. The minimum atomic E-state index is -0.335. The molecule has 0 fully saturated rings. The van der Waals surface area contributed by atoms with Gasteiger partial charge in [0.05, 0.1) is 19.2 Å². The molecule has 0 unspecified atom stereocenters. The van der Waals surface area contributed by atoms with Gasteiger partial charge in [-0.05, 0) is 54.8 Å². The smallest absolute Gasteiger partial charge is 0.278 e. The molecular formula is C26H24N2O3. The summed E-state index contributed by atoms with van der Waals surface area (Å²) in [6, 6.07) is 22.7. The Morgan fingerprint density at radius 3 is 2.19 bits per heavy atom. The van der Waals surface area contributed by atoms with E-state index in [0.29, 0.717) is 11.3 Å². The number of benzene rings is 3. The molecule has 3 aromatic rings. The first-order chi connectivity index (χ1) is 15.0. The monoisotopic (exact) mass is 412 g/mol. The van der Waals surface area contributed by atoms with E-state index in [0.717, 1.165) is 33.7 Å². The van der Waals surface area contributed by atoms with Crippen LogP contribution in [0.25, 0.3) is 5.57 Å². The molecule has 1 aliphatic heterocycles. The Kier molecular flexibility index (Phi) is 5.58. The number of carbonyl (C=O) groups is 2. The van der Waals surface area contributed by atoms with Gasteiger partial charge in [0.1, 0.15) is 11.4 Å². The molecule has 156 valence electrons. The average molecular weight is 412 g/mol. The lowest BCUT2D eigenvalue weighted by molar-refractivity contribution is -0.137. The van der Waals surface area contributed by atoms with Crippen molar-refractivity contribution in [1.29, 1.82) is 0 Å². The summed E-state index contributed by atoms with van der Waals surface area (Å²) in [4.78, 5) is 28.0. The van der Waals surface area contributed by atoms with Crippen molar-refractivity contribution in [3.63, 3.8) is 0 Å². The van der Waals surface area contributed by atoms with Gasteiger partial charge in [-0.1, -0.05) is 54.1 Å². The fourth-order valence-electron chi connectivity index (χ4n) is 3.60. The lowest BCUT2D eigenvalue weighted by Crippen LogP contribution is -2.32. The van der Waals surface area contributed by atoms with Gasteiger partial charge in [-0.2, -0.15) is 0 Å². The van der Waals surface area contributed by atoms with Crippen LogP contribution in [0.5, 0.6) is 5.75 Å². The molecule has 1 heterocycles. The molecule has 4 rings (SSSR count). The van der Waals surface area contributed by atoms with Crippen LogP contribution in [0, 0.1) is 13.8 Å². The van der Waals surface area contributed by atoms with Gasteiger partial charge < -0.3 is 10.1 Å². The topological polar surface area (TPSA) is 58.6 Å². The minimum Gasteiger partial charge on any atom is -0.497 e. The number of anilines is 1. The van der Waals surface area contributed by atoms with Crippen LogP contribution in [0.15, 0.2) is 78.5 Å². The van der Waals surface area contributed by atoms with Crippen molar-refractivity contribution < 1.29 is 14.3 Å². The Balaban J connectivity index is 1.71. The van der Waals surface area contributed by atoms with E-state index in [2.05, 4.69) is 5.32 Å². The summed E-state index contributed by atoms with van der Waals surface area (Å²) in [6.45, 7) is 4.16. The van der Waals surface area contributed by atoms with Crippen molar-refractivity contribution in [2.24, 2.45) is 0 Å². The van der Waals surface area contributed by atoms with E-state index in [1.165, 1.54) is 4.90 Å². The molecule has 5 nitrogen and oxygen atoms in total.